The van der Waals surface area contributed by atoms with Crippen LogP contribution in [0.5, 0.6) is 0 Å². The summed E-state index contributed by atoms with van der Waals surface area (Å²) in [7, 11) is 0. The first-order chi connectivity index (χ1) is 11.1. The van der Waals surface area contributed by atoms with Gasteiger partial charge in [0, 0.05) is 5.56 Å². The molecule has 6 heteroatoms. The summed E-state index contributed by atoms with van der Waals surface area (Å²) in [6.45, 7) is 1.92. The van der Waals surface area contributed by atoms with Gasteiger partial charge < -0.3 is 5.32 Å². The molecule has 1 atom stereocenters. The van der Waals surface area contributed by atoms with Crippen LogP contribution in [0, 0.1) is 5.82 Å². The predicted octanol–water partition coefficient (Wildman–Crippen LogP) is 3.84. The van der Waals surface area contributed by atoms with E-state index in [1.54, 1.807) is 12.1 Å². The molecule has 1 heterocycles. The predicted molar refractivity (Wildman–Crippen MR) is 87.6 cm³/mol. The third-order valence-corrected chi connectivity index (χ3v) is 4.18. The van der Waals surface area contributed by atoms with Crippen molar-refractivity contribution >= 4 is 17.4 Å². The fourth-order valence-corrected chi connectivity index (χ4v) is 2.81. The van der Waals surface area contributed by atoms with Gasteiger partial charge in [0.2, 0.25) is 0 Å². The van der Waals surface area contributed by atoms with Crippen molar-refractivity contribution < 1.29 is 9.18 Å². The van der Waals surface area contributed by atoms with Crippen molar-refractivity contribution in [2.75, 3.05) is 0 Å². The molecule has 0 unspecified atom stereocenters. The topological polar surface area (TPSA) is 54.9 Å². The molecule has 0 saturated carbocycles. The molecule has 0 radical (unpaired) electrons. The number of halogens is 1. The Hall–Kier alpha value is -2.60. The Bertz CT molecular complexity index is 802. The molecule has 3 rings (SSSR count). The van der Waals surface area contributed by atoms with Crippen LogP contribution in [0.1, 0.15) is 28.2 Å². The lowest BCUT2D eigenvalue weighted by atomic mass is 10.1. The highest BCUT2D eigenvalue weighted by atomic mass is 32.1. The maximum Gasteiger partial charge on any atom is 0.265 e. The van der Waals surface area contributed by atoms with Gasteiger partial charge in [0.15, 0.2) is 0 Å². The summed E-state index contributed by atoms with van der Waals surface area (Å²) in [4.78, 5) is 12.9. The highest BCUT2D eigenvalue weighted by Crippen LogP contribution is 2.25. The molecule has 0 aliphatic carbocycles. The summed E-state index contributed by atoms with van der Waals surface area (Å²) >= 11 is 1.03. The lowest BCUT2D eigenvalue weighted by Crippen LogP contribution is -2.26. The number of benzene rings is 2. The molecule has 3 aromatic rings. The van der Waals surface area contributed by atoms with Crippen molar-refractivity contribution in [1.82, 2.24) is 14.9 Å². The fourth-order valence-electron chi connectivity index (χ4n) is 2.22. The van der Waals surface area contributed by atoms with E-state index in [4.69, 9.17) is 0 Å². The van der Waals surface area contributed by atoms with Gasteiger partial charge in [-0.1, -0.05) is 34.8 Å². The highest BCUT2D eigenvalue weighted by Gasteiger charge is 2.19. The number of nitrogens with zero attached hydrogens (tertiary/aromatic N) is 2. The van der Waals surface area contributed by atoms with E-state index in [9.17, 15) is 9.18 Å². The van der Waals surface area contributed by atoms with Crippen LogP contribution in [0.4, 0.5) is 4.39 Å². The van der Waals surface area contributed by atoms with Crippen LogP contribution in [0.25, 0.3) is 11.3 Å². The minimum Gasteiger partial charge on any atom is -0.345 e. The zero-order valence-corrected chi connectivity index (χ0v) is 13.2. The molecular formula is C17H14FN3OS. The van der Waals surface area contributed by atoms with Crippen LogP contribution in [-0.4, -0.2) is 15.5 Å². The molecule has 4 nitrogen and oxygen atoms in total. The molecular weight excluding hydrogens is 313 g/mol. The second kappa shape index (κ2) is 6.66. The second-order valence-corrected chi connectivity index (χ2v) is 5.82. The molecule has 0 aliphatic rings. The fraction of sp³-hybridized carbons (Fsp3) is 0.118. The average molecular weight is 327 g/mol. The Balaban J connectivity index is 1.81. The maximum atomic E-state index is 13.0. The molecule has 1 N–H and O–H groups in total. The Morgan fingerprint density at radius 3 is 2.52 bits per heavy atom. The summed E-state index contributed by atoms with van der Waals surface area (Å²) in [5.74, 6) is -0.573. The molecule has 0 spiro atoms. The van der Waals surface area contributed by atoms with Crippen LogP contribution in [0.15, 0.2) is 54.6 Å². The molecule has 0 aliphatic heterocycles. The number of hydrogen-bond donors (Lipinski definition) is 1. The number of amides is 1. The summed E-state index contributed by atoms with van der Waals surface area (Å²) in [6, 6.07) is 15.4. The van der Waals surface area contributed by atoms with Crippen molar-refractivity contribution in [1.29, 1.82) is 0 Å². The third kappa shape index (κ3) is 3.43. The Morgan fingerprint density at radius 2 is 1.83 bits per heavy atom. The van der Waals surface area contributed by atoms with Gasteiger partial charge in [-0.15, -0.1) is 5.10 Å². The number of carbonyl (C=O) groups excluding carboxylic acids is 1. The molecule has 0 bridgehead atoms. The Labute approximate surface area is 137 Å². The normalized spacial score (nSPS) is 11.9. The van der Waals surface area contributed by atoms with Gasteiger partial charge in [0.1, 0.15) is 16.4 Å². The molecule has 116 valence electrons. The van der Waals surface area contributed by atoms with E-state index in [2.05, 4.69) is 14.9 Å². The SMILES string of the molecule is C[C@@H](NC(=O)c1snnc1-c1ccc(F)cc1)c1ccccc1. The first-order valence-corrected chi connectivity index (χ1v) is 7.86. The van der Waals surface area contributed by atoms with Crippen molar-refractivity contribution in [3.63, 3.8) is 0 Å². The van der Waals surface area contributed by atoms with Gasteiger partial charge in [-0.2, -0.15) is 0 Å². The van der Waals surface area contributed by atoms with Crippen molar-refractivity contribution in [3.05, 3.63) is 70.9 Å². The first-order valence-electron chi connectivity index (χ1n) is 7.09. The Kier molecular flexibility index (Phi) is 4.43. The molecule has 0 saturated heterocycles. The van der Waals surface area contributed by atoms with E-state index < -0.39 is 0 Å². The van der Waals surface area contributed by atoms with Crippen molar-refractivity contribution in [2.24, 2.45) is 0 Å². The monoisotopic (exact) mass is 327 g/mol. The van der Waals surface area contributed by atoms with Crippen LogP contribution in [0.3, 0.4) is 0 Å². The summed E-state index contributed by atoms with van der Waals surface area (Å²) in [6.07, 6.45) is 0. The summed E-state index contributed by atoms with van der Waals surface area (Å²) in [5, 5.41) is 6.94. The van der Waals surface area contributed by atoms with Gasteiger partial charge in [-0.3, -0.25) is 4.79 Å². The van der Waals surface area contributed by atoms with Gasteiger partial charge in [-0.25, -0.2) is 4.39 Å². The molecule has 23 heavy (non-hydrogen) atoms. The van der Waals surface area contributed by atoms with E-state index in [1.807, 2.05) is 37.3 Å². The van der Waals surface area contributed by atoms with E-state index >= 15 is 0 Å². The van der Waals surface area contributed by atoms with Crippen molar-refractivity contribution in [3.8, 4) is 11.3 Å². The number of nitrogens with one attached hydrogen (secondary N) is 1. The zero-order chi connectivity index (χ0) is 16.2. The average Bonchev–Trinajstić information content (AvgIpc) is 3.06. The van der Waals surface area contributed by atoms with Crippen LogP contribution >= 0.6 is 11.5 Å². The summed E-state index contributed by atoms with van der Waals surface area (Å²) in [5.41, 5.74) is 2.15. The number of hydrogen-bond acceptors (Lipinski definition) is 4. The number of carbonyl (C=O) groups is 1. The molecule has 1 amide bonds. The van der Waals surface area contributed by atoms with E-state index in [0.29, 0.717) is 16.1 Å². The van der Waals surface area contributed by atoms with E-state index in [-0.39, 0.29) is 17.8 Å². The van der Waals surface area contributed by atoms with Crippen LogP contribution in [-0.2, 0) is 0 Å². The standard InChI is InChI=1S/C17H14FN3OS/c1-11(12-5-3-2-4-6-12)19-17(22)16-15(20-21-23-16)13-7-9-14(18)10-8-13/h2-11H,1H3,(H,19,22)/t11-/m1/s1. The smallest absolute Gasteiger partial charge is 0.265 e. The van der Waals surface area contributed by atoms with Crippen LogP contribution < -0.4 is 5.32 Å². The maximum absolute atomic E-state index is 13.0. The molecule has 2 aromatic carbocycles. The molecule has 1 aromatic heterocycles. The lowest BCUT2D eigenvalue weighted by Gasteiger charge is -2.13. The van der Waals surface area contributed by atoms with Crippen molar-refractivity contribution in [2.45, 2.75) is 13.0 Å². The number of rotatable bonds is 4. The molecule has 0 fully saturated rings. The zero-order valence-electron chi connectivity index (χ0n) is 12.4. The highest BCUT2D eigenvalue weighted by molar-refractivity contribution is 7.08. The lowest BCUT2D eigenvalue weighted by molar-refractivity contribution is 0.0944. The summed E-state index contributed by atoms with van der Waals surface area (Å²) < 4.78 is 16.9. The second-order valence-electron chi connectivity index (χ2n) is 5.06. The minimum atomic E-state index is -0.333. The van der Waals surface area contributed by atoms with Crippen LogP contribution in [0.2, 0.25) is 0 Å². The van der Waals surface area contributed by atoms with Gasteiger partial charge in [0.05, 0.1) is 6.04 Å². The van der Waals surface area contributed by atoms with Gasteiger partial charge >= 0.3 is 0 Å². The first kappa shape index (κ1) is 15.3. The van der Waals surface area contributed by atoms with E-state index in [1.165, 1.54) is 12.1 Å². The van der Waals surface area contributed by atoms with E-state index in [0.717, 1.165) is 17.1 Å². The Morgan fingerprint density at radius 1 is 1.13 bits per heavy atom. The largest absolute Gasteiger partial charge is 0.345 e. The van der Waals surface area contributed by atoms with Gasteiger partial charge in [0.25, 0.3) is 5.91 Å². The van der Waals surface area contributed by atoms with Gasteiger partial charge in [-0.05, 0) is 48.3 Å². The number of aromatic nitrogens is 2. The third-order valence-electron chi connectivity index (χ3n) is 3.46. The quantitative estimate of drug-likeness (QED) is 0.792. The minimum absolute atomic E-state index is 0.133.